The van der Waals surface area contributed by atoms with Crippen LogP contribution in [0.5, 0.6) is 5.75 Å². The number of ether oxygens (including phenoxy) is 1. The fourth-order valence-electron chi connectivity index (χ4n) is 1.88. The van der Waals surface area contributed by atoms with Crippen molar-refractivity contribution in [2.45, 2.75) is 33.1 Å². The molecule has 1 heterocycles. The van der Waals surface area contributed by atoms with Gasteiger partial charge in [-0.05, 0) is 30.2 Å². The number of carbonyl (C=O) groups is 1. The van der Waals surface area contributed by atoms with Crippen molar-refractivity contribution in [1.29, 1.82) is 5.26 Å². The minimum atomic E-state index is -0.500. The van der Waals surface area contributed by atoms with Crippen LogP contribution in [-0.4, -0.2) is 22.7 Å². The molecular weight excluding hydrogens is 336 g/mol. The lowest BCUT2D eigenvalue weighted by Gasteiger charge is -2.04. The average molecular weight is 356 g/mol. The van der Waals surface area contributed by atoms with E-state index < -0.39 is 5.91 Å². The van der Waals surface area contributed by atoms with Crippen LogP contribution in [0.3, 0.4) is 0 Å². The highest BCUT2D eigenvalue weighted by Gasteiger charge is 2.14. The predicted molar refractivity (Wildman–Crippen MR) is 98.4 cm³/mol. The Morgan fingerprint density at radius 2 is 2.08 bits per heavy atom. The highest BCUT2D eigenvalue weighted by molar-refractivity contribution is 7.15. The molecule has 1 aromatic heterocycles. The summed E-state index contributed by atoms with van der Waals surface area (Å²) < 4.78 is 5.51. The predicted octanol–water partition coefficient (Wildman–Crippen LogP) is 4.00. The minimum Gasteiger partial charge on any atom is -0.494 e. The van der Waals surface area contributed by atoms with Crippen molar-refractivity contribution in [1.82, 2.24) is 10.2 Å². The smallest absolute Gasteiger partial charge is 0.268 e. The quantitative estimate of drug-likeness (QED) is 0.598. The van der Waals surface area contributed by atoms with Crippen molar-refractivity contribution in [2.75, 3.05) is 11.9 Å². The fourth-order valence-corrected chi connectivity index (χ4v) is 2.62. The van der Waals surface area contributed by atoms with Gasteiger partial charge in [-0.2, -0.15) is 5.26 Å². The lowest BCUT2D eigenvalue weighted by molar-refractivity contribution is -0.112. The monoisotopic (exact) mass is 356 g/mol. The third kappa shape index (κ3) is 5.40. The van der Waals surface area contributed by atoms with Crippen LogP contribution in [0, 0.1) is 11.3 Å². The summed E-state index contributed by atoms with van der Waals surface area (Å²) in [6.45, 7) is 6.69. The molecule has 0 aliphatic heterocycles. The molecule has 0 bridgehead atoms. The summed E-state index contributed by atoms with van der Waals surface area (Å²) in [5.41, 5.74) is 0.749. The second kappa shape index (κ2) is 8.94. The number of benzene rings is 1. The number of hydrogen-bond acceptors (Lipinski definition) is 6. The van der Waals surface area contributed by atoms with Crippen LogP contribution < -0.4 is 10.1 Å². The third-order valence-corrected chi connectivity index (χ3v) is 4.32. The maximum absolute atomic E-state index is 12.2. The van der Waals surface area contributed by atoms with Gasteiger partial charge in [0.05, 0.1) is 6.61 Å². The Morgan fingerprint density at radius 1 is 1.36 bits per heavy atom. The largest absolute Gasteiger partial charge is 0.494 e. The minimum absolute atomic E-state index is 0.00326. The fraction of sp³-hybridized carbons (Fsp3) is 0.333. The first-order chi connectivity index (χ1) is 12.0. The Labute approximate surface area is 151 Å². The van der Waals surface area contributed by atoms with Crippen molar-refractivity contribution in [2.24, 2.45) is 0 Å². The molecule has 1 N–H and O–H groups in total. The molecule has 0 radical (unpaired) electrons. The molecule has 130 valence electrons. The van der Waals surface area contributed by atoms with Gasteiger partial charge in [-0.1, -0.05) is 44.2 Å². The van der Waals surface area contributed by atoms with Gasteiger partial charge in [0.2, 0.25) is 5.13 Å². The van der Waals surface area contributed by atoms with E-state index >= 15 is 0 Å². The molecule has 0 atom stereocenters. The maximum Gasteiger partial charge on any atom is 0.268 e. The van der Waals surface area contributed by atoms with Gasteiger partial charge in [-0.25, -0.2) is 0 Å². The average Bonchev–Trinajstić information content (AvgIpc) is 3.07. The van der Waals surface area contributed by atoms with E-state index in [9.17, 15) is 10.1 Å². The zero-order chi connectivity index (χ0) is 18.2. The first kappa shape index (κ1) is 18.6. The van der Waals surface area contributed by atoms with E-state index in [1.807, 2.05) is 39.0 Å². The number of rotatable bonds is 7. The molecule has 25 heavy (non-hydrogen) atoms. The molecule has 1 amide bonds. The number of nitrogens with zero attached hydrogens (tertiary/aromatic N) is 3. The molecule has 0 saturated heterocycles. The Hall–Kier alpha value is -2.72. The summed E-state index contributed by atoms with van der Waals surface area (Å²) >= 11 is 1.31. The standard InChI is InChI=1S/C18H20N4O2S/c1-4-9-24-15-7-5-13(6-8-15)10-14(11-19)16(23)20-18-22-21-17(25-18)12(2)3/h5-8,10,12H,4,9H2,1-3H3,(H,20,22,23)/b14-10+. The first-order valence-corrected chi connectivity index (χ1v) is 8.84. The van der Waals surface area contributed by atoms with Crippen LogP contribution in [0.25, 0.3) is 6.08 Å². The Kier molecular flexibility index (Phi) is 6.66. The zero-order valence-electron chi connectivity index (χ0n) is 14.4. The molecule has 7 heteroatoms. The van der Waals surface area contributed by atoms with Gasteiger partial charge in [0.1, 0.15) is 22.4 Å². The van der Waals surface area contributed by atoms with Crippen molar-refractivity contribution >= 4 is 28.5 Å². The van der Waals surface area contributed by atoms with Crippen molar-refractivity contribution in [3.63, 3.8) is 0 Å². The molecule has 0 fully saturated rings. The van der Waals surface area contributed by atoms with Crippen LogP contribution in [0.1, 0.15) is 43.7 Å². The molecule has 0 aliphatic rings. The number of carbonyl (C=O) groups excluding carboxylic acids is 1. The van der Waals surface area contributed by atoms with Crippen molar-refractivity contribution in [3.8, 4) is 11.8 Å². The molecule has 0 aliphatic carbocycles. The second-order valence-corrected chi connectivity index (χ2v) is 6.65. The summed E-state index contributed by atoms with van der Waals surface area (Å²) in [4.78, 5) is 12.2. The number of nitriles is 1. The van der Waals surface area contributed by atoms with E-state index in [1.54, 1.807) is 12.1 Å². The molecule has 2 rings (SSSR count). The summed E-state index contributed by atoms with van der Waals surface area (Å²) in [5.74, 6) is 0.500. The normalized spacial score (nSPS) is 11.2. The topological polar surface area (TPSA) is 87.9 Å². The lowest BCUT2D eigenvalue weighted by atomic mass is 10.1. The second-order valence-electron chi connectivity index (χ2n) is 5.64. The molecule has 6 nitrogen and oxygen atoms in total. The van der Waals surface area contributed by atoms with Crippen LogP contribution >= 0.6 is 11.3 Å². The summed E-state index contributed by atoms with van der Waals surface area (Å²) in [6.07, 6.45) is 2.47. The Bertz CT molecular complexity index is 788. The highest BCUT2D eigenvalue weighted by atomic mass is 32.1. The Morgan fingerprint density at radius 3 is 2.64 bits per heavy atom. The van der Waals surface area contributed by atoms with Gasteiger partial charge >= 0.3 is 0 Å². The van der Waals surface area contributed by atoms with E-state index in [1.165, 1.54) is 17.4 Å². The van der Waals surface area contributed by atoms with Crippen LogP contribution in [0.15, 0.2) is 29.8 Å². The van der Waals surface area contributed by atoms with Gasteiger partial charge in [0.25, 0.3) is 5.91 Å². The molecule has 2 aromatic rings. The number of aromatic nitrogens is 2. The van der Waals surface area contributed by atoms with Gasteiger partial charge in [-0.3, -0.25) is 10.1 Å². The van der Waals surface area contributed by atoms with Crippen LogP contribution in [0.4, 0.5) is 5.13 Å². The van der Waals surface area contributed by atoms with Gasteiger partial charge in [0, 0.05) is 5.92 Å². The highest BCUT2D eigenvalue weighted by Crippen LogP contribution is 2.23. The van der Waals surface area contributed by atoms with E-state index in [0.29, 0.717) is 11.7 Å². The number of hydrogen-bond donors (Lipinski definition) is 1. The molecule has 0 spiro atoms. The zero-order valence-corrected chi connectivity index (χ0v) is 15.3. The summed E-state index contributed by atoms with van der Waals surface area (Å²) in [5, 5.41) is 21.0. The number of amides is 1. The van der Waals surface area contributed by atoms with E-state index in [2.05, 4.69) is 15.5 Å². The number of nitrogens with one attached hydrogen (secondary N) is 1. The summed E-state index contributed by atoms with van der Waals surface area (Å²) in [6, 6.07) is 9.16. The maximum atomic E-state index is 12.2. The van der Waals surface area contributed by atoms with Crippen LogP contribution in [0.2, 0.25) is 0 Å². The van der Waals surface area contributed by atoms with Crippen molar-refractivity contribution in [3.05, 3.63) is 40.4 Å². The Balaban J connectivity index is 2.07. The van der Waals surface area contributed by atoms with E-state index in [-0.39, 0.29) is 11.5 Å². The SMILES string of the molecule is CCCOc1ccc(/C=C(\C#N)C(=O)Nc2nnc(C(C)C)s2)cc1. The molecule has 0 unspecified atom stereocenters. The van der Waals surface area contributed by atoms with Gasteiger partial charge < -0.3 is 4.74 Å². The van der Waals surface area contributed by atoms with Gasteiger partial charge in [0.15, 0.2) is 0 Å². The molecule has 1 aromatic carbocycles. The molecular formula is C18H20N4O2S. The third-order valence-electron chi connectivity index (χ3n) is 3.18. The van der Waals surface area contributed by atoms with Crippen LogP contribution in [-0.2, 0) is 4.79 Å². The van der Waals surface area contributed by atoms with Gasteiger partial charge in [-0.15, -0.1) is 10.2 Å². The first-order valence-electron chi connectivity index (χ1n) is 8.03. The lowest BCUT2D eigenvalue weighted by Crippen LogP contribution is -2.13. The summed E-state index contributed by atoms with van der Waals surface area (Å²) in [7, 11) is 0. The van der Waals surface area contributed by atoms with Crippen molar-refractivity contribution < 1.29 is 9.53 Å². The molecule has 0 saturated carbocycles. The van der Waals surface area contributed by atoms with E-state index in [4.69, 9.17) is 4.74 Å². The number of anilines is 1. The van der Waals surface area contributed by atoms with E-state index in [0.717, 1.165) is 22.7 Å².